The lowest BCUT2D eigenvalue weighted by Gasteiger charge is -2.33. The van der Waals surface area contributed by atoms with Crippen LogP contribution in [0.5, 0.6) is 0 Å². The number of carbonyl (C=O) groups is 2. The molecule has 0 aliphatic carbocycles. The maximum Gasteiger partial charge on any atom is 0.315 e. The molecule has 2 heterocycles. The van der Waals surface area contributed by atoms with E-state index in [0.717, 1.165) is 5.01 Å². The molecule has 3 N–H and O–H groups in total. The number of nitrogens with zero attached hydrogens (tertiary/aromatic N) is 1. The van der Waals surface area contributed by atoms with Crippen LogP contribution in [0.4, 0.5) is 4.79 Å². The fraction of sp³-hybridized carbons (Fsp3) is 0.583. The van der Waals surface area contributed by atoms with Crippen LogP contribution in [0.15, 0.2) is 11.6 Å². The first kappa shape index (κ1) is 14.7. The number of carbonyl (C=O) groups excluding carboxylic acids is 1. The summed E-state index contributed by atoms with van der Waals surface area (Å²) in [6.45, 7) is 1.27. The van der Waals surface area contributed by atoms with E-state index in [1.54, 1.807) is 6.20 Å². The summed E-state index contributed by atoms with van der Waals surface area (Å²) in [5.74, 6) is -0.888. The van der Waals surface area contributed by atoms with Crippen molar-refractivity contribution in [2.24, 2.45) is 5.41 Å². The molecule has 1 aliphatic rings. The van der Waals surface area contributed by atoms with E-state index in [9.17, 15) is 14.7 Å². The highest BCUT2D eigenvalue weighted by atomic mass is 32.1. The van der Waals surface area contributed by atoms with E-state index in [1.165, 1.54) is 11.3 Å². The predicted molar refractivity (Wildman–Crippen MR) is 72.5 cm³/mol. The van der Waals surface area contributed by atoms with Gasteiger partial charge in [0.1, 0.15) is 5.01 Å². The van der Waals surface area contributed by atoms with E-state index in [2.05, 4.69) is 15.6 Å². The number of rotatable bonds is 5. The van der Waals surface area contributed by atoms with Crippen LogP contribution in [0.3, 0.4) is 0 Å². The van der Waals surface area contributed by atoms with Crippen molar-refractivity contribution >= 4 is 23.3 Å². The minimum Gasteiger partial charge on any atom is -0.481 e. The Morgan fingerprint density at radius 3 is 2.75 bits per heavy atom. The molecule has 1 saturated heterocycles. The summed E-state index contributed by atoms with van der Waals surface area (Å²) in [6, 6.07) is -0.382. The number of aliphatic carboxylic acids is 1. The van der Waals surface area contributed by atoms with Gasteiger partial charge in [-0.05, 0) is 12.8 Å². The number of ether oxygens (including phenoxy) is 1. The minimum absolute atomic E-state index is 0.107. The molecule has 2 amide bonds. The van der Waals surface area contributed by atoms with Gasteiger partial charge in [0.25, 0.3) is 0 Å². The first-order valence-corrected chi connectivity index (χ1v) is 7.22. The van der Waals surface area contributed by atoms with Crippen molar-refractivity contribution < 1.29 is 19.4 Å². The lowest BCUT2D eigenvalue weighted by molar-refractivity contribution is -0.154. The van der Waals surface area contributed by atoms with Crippen LogP contribution in [-0.2, 0) is 16.1 Å². The smallest absolute Gasteiger partial charge is 0.315 e. The van der Waals surface area contributed by atoms with Crippen LogP contribution < -0.4 is 10.6 Å². The molecule has 1 aliphatic heterocycles. The number of carboxylic acid groups (broad SMARTS) is 1. The Labute approximate surface area is 120 Å². The summed E-state index contributed by atoms with van der Waals surface area (Å²) in [4.78, 5) is 27.1. The van der Waals surface area contributed by atoms with Crippen LogP contribution in [0, 0.1) is 5.41 Å². The third-order valence-corrected chi connectivity index (χ3v) is 4.15. The summed E-state index contributed by atoms with van der Waals surface area (Å²) >= 11 is 1.45. The number of urea groups is 1. The van der Waals surface area contributed by atoms with E-state index in [4.69, 9.17) is 4.74 Å². The highest BCUT2D eigenvalue weighted by Gasteiger charge is 2.40. The molecule has 0 radical (unpaired) electrons. The van der Waals surface area contributed by atoms with Gasteiger partial charge in [0.15, 0.2) is 0 Å². The minimum atomic E-state index is -0.920. The SMILES string of the molecule is O=C(NCc1nccs1)NCC1(C(=O)O)CCOCC1. The van der Waals surface area contributed by atoms with Gasteiger partial charge in [0.2, 0.25) is 0 Å². The van der Waals surface area contributed by atoms with Gasteiger partial charge in [-0.1, -0.05) is 0 Å². The highest BCUT2D eigenvalue weighted by molar-refractivity contribution is 7.09. The Morgan fingerprint density at radius 2 is 2.15 bits per heavy atom. The molecule has 1 aromatic heterocycles. The molecule has 0 spiro atoms. The number of amides is 2. The van der Waals surface area contributed by atoms with Crippen molar-refractivity contribution in [1.29, 1.82) is 0 Å². The summed E-state index contributed by atoms with van der Waals surface area (Å²) in [6.07, 6.45) is 2.49. The van der Waals surface area contributed by atoms with Crippen molar-refractivity contribution in [2.75, 3.05) is 19.8 Å². The standard InChI is InChI=1S/C12H17N3O4S/c16-10(17)12(1-4-19-5-2-12)8-15-11(18)14-7-9-13-3-6-20-9/h3,6H,1-2,4-5,7-8H2,(H,16,17)(H2,14,15,18). The molecule has 0 atom stereocenters. The lowest BCUT2D eigenvalue weighted by Crippen LogP contribution is -2.48. The maximum absolute atomic E-state index is 11.7. The normalized spacial score (nSPS) is 17.4. The summed E-state index contributed by atoms with van der Waals surface area (Å²) in [5.41, 5.74) is -0.920. The van der Waals surface area contributed by atoms with E-state index >= 15 is 0 Å². The number of hydrogen-bond donors (Lipinski definition) is 3. The lowest BCUT2D eigenvalue weighted by atomic mass is 9.80. The van der Waals surface area contributed by atoms with Crippen LogP contribution in [-0.4, -0.2) is 41.8 Å². The number of thiazole rings is 1. The predicted octanol–water partition coefficient (Wildman–Crippen LogP) is 0.824. The van der Waals surface area contributed by atoms with Gasteiger partial charge in [-0.25, -0.2) is 9.78 Å². The highest BCUT2D eigenvalue weighted by Crippen LogP contribution is 2.29. The Kier molecular flexibility index (Phi) is 4.91. The Morgan fingerprint density at radius 1 is 1.40 bits per heavy atom. The molecular formula is C12H17N3O4S. The van der Waals surface area contributed by atoms with Gasteiger partial charge >= 0.3 is 12.0 Å². The molecule has 7 nitrogen and oxygen atoms in total. The van der Waals surface area contributed by atoms with Crippen LogP contribution in [0.1, 0.15) is 17.8 Å². The van der Waals surface area contributed by atoms with Gasteiger partial charge in [0.05, 0.1) is 12.0 Å². The number of hydrogen-bond acceptors (Lipinski definition) is 5. The number of nitrogens with one attached hydrogen (secondary N) is 2. The molecule has 20 heavy (non-hydrogen) atoms. The van der Waals surface area contributed by atoms with E-state index in [1.807, 2.05) is 5.38 Å². The second-order valence-electron chi connectivity index (χ2n) is 4.66. The molecule has 1 aromatic rings. The zero-order valence-corrected chi connectivity index (χ0v) is 11.7. The van der Waals surface area contributed by atoms with Gasteiger partial charge < -0.3 is 20.5 Å². The second kappa shape index (κ2) is 6.67. The zero-order chi connectivity index (χ0) is 14.4. The molecular weight excluding hydrogens is 282 g/mol. The van der Waals surface area contributed by atoms with Crippen molar-refractivity contribution in [3.05, 3.63) is 16.6 Å². The topological polar surface area (TPSA) is 101 Å². The molecule has 0 bridgehead atoms. The Balaban J connectivity index is 1.80. The first-order valence-electron chi connectivity index (χ1n) is 6.34. The van der Waals surface area contributed by atoms with Gasteiger partial charge in [-0.3, -0.25) is 4.79 Å². The third-order valence-electron chi connectivity index (χ3n) is 3.37. The Bertz CT molecular complexity index is 457. The zero-order valence-electron chi connectivity index (χ0n) is 10.9. The Hall–Kier alpha value is -1.67. The van der Waals surface area contributed by atoms with Crippen molar-refractivity contribution in [3.63, 3.8) is 0 Å². The maximum atomic E-state index is 11.7. The largest absolute Gasteiger partial charge is 0.481 e. The number of carboxylic acids is 1. The van der Waals surface area contributed by atoms with Gasteiger partial charge in [0, 0.05) is 31.3 Å². The number of aromatic nitrogens is 1. The molecule has 1 fully saturated rings. The van der Waals surface area contributed by atoms with Crippen LogP contribution in [0.25, 0.3) is 0 Å². The summed E-state index contributed by atoms with van der Waals surface area (Å²) < 4.78 is 5.18. The van der Waals surface area contributed by atoms with Crippen LogP contribution >= 0.6 is 11.3 Å². The van der Waals surface area contributed by atoms with E-state index < -0.39 is 11.4 Å². The molecule has 2 rings (SSSR count). The molecule has 0 aromatic carbocycles. The fourth-order valence-electron chi connectivity index (χ4n) is 2.04. The molecule has 0 saturated carbocycles. The first-order chi connectivity index (χ1) is 9.62. The second-order valence-corrected chi connectivity index (χ2v) is 5.64. The van der Waals surface area contributed by atoms with E-state index in [-0.39, 0.29) is 12.6 Å². The van der Waals surface area contributed by atoms with Crippen molar-refractivity contribution in [3.8, 4) is 0 Å². The monoisotopic (exact) mass is 299 g/mol. The molecule has 8 heteroatoms. The quantitative estimate of drug-likeness (QED) is 0.747. The van der Waals surface area contributed by atoms with E-state index in [0.29, 0.717) is 32.6 Å². The molecule has 0 unspecified atom stereocenters. The van der Waals surface area contributed by atoms with Crippen molar-refractivity contribution in [1.82, 2.24) is 15.6 Å². The average Bonchev–Trinajstić information content (AvgIpc) is 2.97. The fourth-order valence-corrected chi connectivity index (χ4v) is 2.59. The van der Waals surface area contributed by atoms with Gasteiger partial charge in [-0.15, -0.1) is 11.3 Å². The summed E-state index contributed by atoms with van der Waals surface area (Å²) in [7, 11) is 0. The van der Waals surface area contributed by atoms with Crippen molar-refractivity contribution in [2.45, 2.75) is 19.4 Å². The van der Waals surface area contributed by atoms with Crippen LogP contribution in [0.2, 0.25) is 0 Å². The van der Waals surface area contributed by atoms with Gasteiger partial charge in [-0.2, -0.15) is 0 Å². The summed E-state index contributed by atoms with van der Waals surface area (Å²) in [5, 5.41) is 17.3. The molecule has 110 valence electrons. The average molecular weight is 299 g/mol. The third kappa shape index (κ3) is 3.67.